The number of unbranched alkanes of at least 4 members (excludes halogenated alkanes) is 1. The van der Waals surface area contributed by atoms with Gasteiger partial charge in [-0.3, -0.25) is 4.79 Å². The van der Waals surface area contributed by atoms with Crippen molar-refractivity contribution in [3.8, 4) is 0 Å². The van der Waals surface area contributed by atoms with E-state index in [2.05, 4.69) is 6.92 Å². The van der Waals surface area contributed by atoms with Crippen molar-refractivity contribution in [1.29, 1.82) is 0 Å². The van der Waals surface area contributed by atoms with Gasteiger partial charge in [0, 0.05) is 6.42 Å². The van der Waals surface area contributed by atoms with Gasteiger partial charge in [-0.05, 0) is 19.3 Å². The molecule has 0 aromatic rings. The van der Waals surface area contributed by atoms with E-state index < -0.39 is 0 Å². The summed E-state index contributed by atoms with van der Waals surface area (Å²) < 4.78 is 5.59. The largest absolute Gasteiger partial charge is 0.370 e. The summed E-state index contributed by atoms with van der Waals surface area (Å²) in [7, 11) is 0. The Bertz CT molecular complexity index is 160. The van der Waals surface area contributed by atoms with E-state index in [1.165, 1.54) is 19.3 Å². The molecule has 0 spiro atoms. The van der Waals surface area contributed by atoms with Gasteiger partial charge in [0.25, 0.3) is 0 Å². The molecule has 0 aromatic heterocycles. The maximum Gasteiger partial charge on any atom is 0.158 e. The summed E-state index contributed by atoms with van der Waals surface area (Å²) in [5.74, 6) is 0.275. The summed E-state index contributed by atoms with van der Waals surface area (Å²) in [6, 6.07) is 0. The average Bonchev–Trinajstić information content (AvgIpc) is 2.25. The van der Waals surface area contributed by atoms with Crippen LogP contribution in [-0.4, -0.2) is 18.5 Å². The van der Waals surface area contributed by atoms with Gasteiger partial charge in [-0.25, -0.2) is 0 Å². The summed E-state index contributed by atoms with van der Waals surface area (Å²) >= 11 is 0. The lowest BCUT2D eigenvalue weighted by molar-refractivity contribution is -0.126. The summed E-state index contributed by atoms with van der Waals surface area (Å²) in [4.78, 5) is 11.3. The molecule has 1 rings (SSSR count). The number of ether oxygens (including phenoxy) is 1. The van der Waals surface area contributed by atoms with Crippen LogP contribution in [0.4, 0.5) is 0 Å². The second kappa shape index (κ2) is 6.99. The molecule has 0 bridgehead atoms. The molecule has 1 saturated carbocycles. The maximum atomic E-state index is 11.3. The minimum Gasteiger partial charge on any atom is -0.370 e. The molecule has 82 valence electrons. The highest BCUT2D eigenvalue weighted by Crippen LogP contribution is 2.20. The molecule has 2 nitrogen and oxygen atoms in total. The summed E-state index contributed by atoms with van der Waals surface area (Å²) in [6.45, 7) is 2.46. The standard InChI is InChI=1S/C12H22O2/c1-2-3-7-11(13)10-14-12-8-5-4-6-9-12/h12H,2-10H2,1H3. The van der Waals surface area contributed by atoms with E-state index in [4.69, 9.17) is 4.74 Å². The fraction of sp³-hybridized carbons (Fsp3) is 0.917. The molecule has 0 aliphatic heterocycles. The number of hydrogen-bond donors (Lipinski definition) is 0. The molecule has 0 atom stereocenters. The highest BCUT2D eigenvalue weighted by atomic mass is 16.5. The van der Waals surface area contributed by atoms with Crippen LogP contribution in [-0.2, 0) is 9.53 Å². The summed E-state index contributed by atoms with van der Waals surface area (Å²) in [5.41, 5.74) is 0. The molecular formula is C12H22O2. The summed E-state index contributed by atoms with van der Waals surface area (Å²) in [6.07, 6.45) is 9.35. The molecule has 0 aromatic carbocycles. The third kappa shape index (κ3) is 4.75. The van der Waals surface area contributed by atoms with Crippen LogP contribution in [0.5, 0.6) is 0 Å². The molecule has 0 heterocycles. The number of ketones is 1. The number of carbonyl (C=O) groups excluding carboxylic acids is 1. The van der Waals surface area contributed by atoms with Crippen LogP contribution in [0.2, 0.25) is 0 Å². The molecule has 0 N–H and O–H groups in total. The Morgan fingerprint density at radius 1 is 1.29 bits per heavy atom. The molecule has 1 fully saturated rings. The van der Waals surface area contributed by atoms with Gasteiger partial charge >= 0.3 is 0 Å². The first-order valence-corrected chi connectivity index (χ1v) is 5.96. The van der Waals surface area contributed by atoms with Crippen molar-refractivity contribution in [3.63, 3.8) is 0 Å². The van der Waals surface area contributed by atoms with Gasteiger partial charge in [-0.15, -0.1) is 0 Å². The van der Waals surface area contributed by atoms with Crippen LogP contribution in [0, 0.1) is 0 Å². The van der Waals surface area contributed by atoms with Crippen molar-refractivity contribution in [1.82, 2.24) is 0 Å². The van der Waals surface area contributed by atoms with Crippen molar-refractivity contribution in [2.75, 3.05) is 6.61 Å². The molecular weight excluding hydrogens is 176 g/mol. The Labute approximate surface area is 87.0 Å². The van der Waals surface area contributed by atoms with Gasteiger partial charge in [-0.2, -0.15) is 0 Å². The zero-order valence-electron chi connectivity index (χ0n) is 9.26. The molecule has 0 saturated heterocycles. The zero-order chi connectivity index (χ0) is 10.2. The lowest BCUT2D eigenvalue weighted by Crippen LogP contribution is -2.20. The normalized spacial score (nSPS) is 18.4. The molecule has 1 aliphatic rings. The van der Waals surface area contributed by atoms with E-state index in [0.717, 1.165) is 25.7 Å². The highest BCUT2D eigenvalue weighted by Gasteiger charge is 2.14. The first-order chi connectivity index (χ1) is 6.83. The lowest BCUT2D eigenvalue weighted by atomic mass is 9.98. The Hall–Kier alpha value is -0.370. The Morgan fingerprint density at radius 3 is 2.64 bits per heavy atom. The SMILES string of the molecule is CCCCC(=O)COC1CCCCC1. The Balaban J connectivity index is 2.03. The third-order valence-corrected chi connectivity index (χ3v) is 2.84. The van der Waals surface area contributed by atoms with Gasteiger partial charge in [0.05, 0.1) is 6.10 Å². The quantitative estimate of drug-likeness (QED) is 0.655. The average molecular weight is 198 g/mol. The van der Waals surface area contributed by atoms with Crippen molar-refractivity contribution < 1.29 is 9.53 Å². The van der Waals surface area contributed by atoms with E-state index in [1.54, 1.807) is 0 Å². The minimum absolute atomic E-state index is 0.275. The molecule has 1 aliphatic carbocycles. The second-order valence-electron chi connectivity index (χ2n) is 4.21. The number of Topliss-reactive ketones (excluding diaryl/α,β-unsaturated/α-hetero) is 1. The first kappa shape index (κ1) is 11.7. The van der Waals surface area contributed by atoms with Crippen molar-refractivity contribution in [2.45, 2.75) is 64.4 Å². The van der Waals surface area contributed by atoms with Gasteiger partial charge in [-0.1, -0.05) is 32.6 Å². The predicted molar refractivity (Wildman–Crippen MR) is 57.4 cm³/mol. The topological polar surface area (TPSA) is 26.3 Å². The maximum absolute atomic E-state index is 11.3. The number of hydrogen-bond acceptors (Lipinski definition) is 2. The van der Waals surface area contributed by atoms with Crippen molar-refractivity contribution in [2.24, 2.45) is 0 Å². The monoisotopic (exact) mass is 198 g/mol. The molecule has 14 heavy (non-hydrogen) atoms. The fourth-order valence-electron chi connectivity index (χ4n) is 1.89. The van der Waals surface area contributed by atoms with Crippen LogP contribution in [0.15, 0.2) is 0 Å². The van der Waals surface area contributed by atoms with Crippen LogP contribution >= 0.6 is 0 Å². The van der Waals surface area contributed by atoms with E-state index in [-0.39, 0.29) is 5.78 Å². The highest BCUT2D eigenvalue weighted by molar-refractivity contribution is 5.79. The van der Waals surface area contributed by atoms with Crippen LogP contribution in [0.25, 0.3) is 0 Å². The van der Waals surface area contributed by atoms with Crippen LogP contribution in [0.3, 0.4) is 0 Å². The van der Waals surface area contributed by atoms with E-state index in [0.29, 0.717) is 19.1 Å². The van der Waals surface area contributed by atoms with Gasteiger partial charge in [0.15, 0.2) is 5.78 Å². The van der Waals surface area contributed by atoms with Crippen LogP contribution < -0.4 is 0 Å². The van der Waals surface area contributed by atoms with Crippen LogP contribution in [0.1, 0.15) is 58.3 Å². The number of rotatable bonds is 6. The van der Waals surface area contributed by atoms with E-state index >= 15 is 0 Å². The van der Waals surface area contributed by atoms with Gasteiger partial charge < -0.3 is 4.74 Å². The first-order valence-electron chi connectivity index (χ1n) is 5.96. The second-order valence-corrected chi connectivity index (χ2v) is 4.21. The van der Waals surface area contributed by atoms with E-state index in [1.807, 2.05) is 0 Å². The molecule has 0 unspecified atom stereocenters. The third-order valence-electron chi connectivity index (χ3n) is 2.84. The Kier molecular flexibility index (Phi) is 5.85. The predicted octanol–water partition coefficient (Wildman–Crippen LogP) is 3.10. The molecule has 0 radical (unpaired) electrons. The smallest absolute Gasteiger partial charge is 0.158 e. The van der Waals surface area contributed by atoms with Crippen molar-refractivity contribution in [3.05, 3.63) is 0 Å². The van der Waals surface area contributed by atoms with Gasteiger partial charge in [0.1, 0.15) is 6.61 Å². The van der Waals surface area contributed by atoms with E-state index in [9.17, 15) is 4.79 Å². The van der Waals surface area contributed by atoms with Gasteiger partial charge in [0.2, 0.25) is 0 Å². The summed E-state index contributed by atoms with van der Waals surface area (Å²) in [5, 5.41) is 0. The zero-order valence-corrected chi connectivity index (χ0v) is 9.26. The van der Waals surface area contributed by atoms with Crippen molar-refractivity contribution >= 4 is 5.78 Å². The number of carbonyl (C=O) groups is 1. The minimum atomic E-state index is 0.275. The molecule has 2 heteroatoms. The Morgan fingerprint density at radius 2 is 2.00 bits per heavy atom. The lowest BCUT2D eigenvalue weighted by Gasteiger charge is -2.21. The fourth-order valence-corrected chi connectivity index (χ4v) is 1.89. The molecule has 0 amide bonds.